The van der Waals surface area contributed by atoms with Gasteiger partial charge in [-0.15, -0.1) is 10.2 Å². The molecule has 1 aromatic heterocycles. The number of nitrogens with one attached hydrogen (secondary N) is 1. The molecule has 0 saturated heterocycles. The number of anilines is 1. The number of halogens is 1. The molecule has 160 valence electrons. The highest BCUT2D eigenvalue weighted by atomic mass is 19.1. The number of benzene rings is 2. The molecule has 0 fully saturated rings. The first-order chi connectivity index (χ1) is 15.0. The number of fused-ring (bicyclic) bond motifs is 1. The largest absolute Gasteiger partial charge is 0.484 e. The quantitative estimate of drug-likeness (QED) is 0.476. The van der Waals surface area contributed by atoms with E-state index >= 15 is 0 Å². The van der Waals surface area contributed by atoms with E-state index in [0.717, 1.165) is 38.1 Å². The summed E-state index contributed by atoms with van der Waals surface area (Å²) >= 11 is 0. The van der Waals surface area contributed by atoms with Crippen molar-refractivity contribution < 1.29 is 18.8 Å². The van der Waals surface area contributed by atoms with Crippen molar-refractivity contribution in [3.05, 3.63) is 64.2 Å². The van der Waals surface area contributed by atoms with Crippen LogP contribution < -0.4 is 10.1 Å². The van der Waals surface area contributed by atoms with E-state index < -0.39 is 16.6 Å². The molecule has 4 rings (SSSR count). The number of hydrogen-bond donors (Lipinski definition) is 1. The van der Waals surface area contributed by atoms with Gasteiger partial charge in [0.1, 0.15) is 17.4 Å². The first-order valence-corrected chi connectivity index (χ1v) is 9.90. The fraction of sp³-hybridized carbons (Fsp3) is 0.286. The van der Waals surface area contributed by atoms with Crippen LogP contribution in [-0.2, 0) is 17.8 Å². The van der Waals surface area contributed by atoms with Gasteiger partial charge < -0.3 is 14.6 Å². The molecule has 1 amide bonds. The summed E-state index contributed by atoms with van der Waals surface area (Å²) in [6.07, 6.45) is 3.90. The van der Waals surface area contributed by atoms with Gasteiger partial charge >= 0.3 is 0 Å². The van der Waals surface area contributed by atoms with Crippen LogP contribution in [0.1, 0.15) is 25.1 Å². The lowest BCUT2D eigenvalue weighted by molar-refractivity contribution is -0.384. The first kappa shape index (κ1) is 20.5. The van der Waals surface area contributed by atoms with Gasteiger partial charge in [0, 0.05) is 24.7 Å². The minimum atomic E-state index is -0.543. The molecule has 0 atom stereocenters. The van der Waals surface area contributed by atoms with Gasteiger partial charge in [0.2, 0.25) is 0 Å². The zero-order chi connectivity index (χ0) is 21.8. The number of carbonyl (C=O) groups is 1. The van der Waals surface area contributed by atoms with Crippen molar-refractivity contribution in [2.45, 2.75) is 32.2 Å². The Morgan fingerprint density at radius 1 is 1.19 bits per heavy atom. The fourth-order valence-electron chi connectivity index (χ4n) is 3.49. The average Bonchev–Trinajstić information content (AvgIpc) is 3.01. The molecular weight excluding hydrogens is 405 g/mol. The van der Waals surface area contributed by atoms with Crippen molar-refractivity contribution in [3.8, 4) is 17.1 Å². The Bertz CT molecular complexity index is 1130. The third kappa shape index (κ3) is 4.68. The molecule has 0 unspecified atom stereocenters. The van der Waals surface area contributed by atoms with E-state index in [9.17, 15) is 19.3 Å². The second-order valence-electron chi connectivity index (χ2n) is 7.19. The molecular formula is C21H20FN5O4. The maximum atomic E-state index is 14.5. The topological polar surface area (TPSA) is 112 Å². The summed E-state index contributed by atoms with van der Waals surface area (Å²) in [6, 6.07) is 9.79. The molecule has 0 spiro atoms. The van der Waals surface area contributed by atoms with Crippen molar-refractivity contribution >= 4 is 17.3 Å². The number of nitro benzene ring substituents is 1. The van der Waals surface area contributed by atoms with Crippen molar-refractivity contribution in [1.29, 1.82) is 0 Å². The summed E-state index contributed by atoms with van der Waals surface area (Å²) in [5.41, 5.74) is 0.515. The van der Waals surface area contributed by atoms with E-state index in [1.807, 2.05) is 4.57 Å². The molecule has 1 aliphatic rings. The number of hydrogen-bond acceptors (Lipinski definition) is 6. The monoisotopic (exact) mass is 425 g/mol. The summed E-state index contributed by atoms with van der Waals surface area (Å²) in [6.45, 7) is 0.374. The van der Waals surface area contributed by atoms with Crippen LogP contribution in [0.2, 0.25) is 0 Å². The Balaban J connectivity index is 1.46. The van der Waals surface area contributed by atoms with Crippen molar-refractivity contribution in [2.75, 3.05) is 11.9 Å². The summed E-state index contributed by atoms with van der Waals surface area (Å²) in [4.78, 5) is 22.6. The number of aromatic nitrogens is 3. The average molecular weight is 425 g/mol. The number of ether oxygens (including phenoxy) is 1. The Morgan fingerprint density at radius 2 is 2.06 bits per heavy atom. The second kappa shape index (κ2) is 8.90. The number of non-ortho nitro benzene ring substituents is 1. The molecule has 0 aliphatic carbocycles. The van der Waals surface area contributed by atoms with Crippen LogP contribution >= 0.6 is 0 Å². The summed E-state index contributed by atoms with van der Waals surface area (Å²) < 4.78 is 21.8. The first-order valence-electron chi connectivity index (χ1n) is 9.90. The van der Waals surface area contributed by atoms with Crippen LogP contribution in [-0.4, -0.2) is 32.2 Å². The normalized spacial score (nSPS) is 13.2. The lowest BCUT2D eigenvalue weighted by Crippen LogP contribution is -2.20. The number of rotatable bonds is 6. The van der Waals surface area contributed by atoms with Crippen LogP contribution in [0.25, 0.3) is 11.4 Å². The number of nitrogens with zero attached hydrogens (tertiary/aromatic N) is 4. The van der Waals surface area contributed by atoms with Gasteiger partial charge in [0.25, 0.3) is 11.6 Å². The maximum absolute atomic E-state index is 14.5. The van der Waals surface area contributed by atoms with Gasteiger partial charge in [-0.3, -0.25) is 14.9 Å². The number of aryl methyl sites for hydroxylation is 1. The summed E-state index contributed by atoms with van der Waals surface area (Å²) in [5, 5.41) is 21.8. The molecule has 0 bridgehead atoms. The third-order valence-electron chi connectivity index (χ3n) is 5.00. The van der Waals surface area contributed by atoms with Crippen LogP contribution in [0.4, 0.5) is 15.8 Å². The van der Waals surface area contributed by atoms with Gasteiger partial charge in [-0.1, -0.05) is 12.5 Å². The smallest absolute Gasteiger partial charge is 0.273 e. The number of carbonyl (C=O) groups excluding carboxylic acids is 1. The lowest BCUT2D eigenvalue weighted by Gasteiger charge is -2.11. The zero-order valence-corrected chi connectivity index (χ0v) is 16.6. The fourth-order valence-corrected chi connectivity index (χ4v) is 3.49. The summed E-state index contributed by atoms with van der Waals surface area (Å²) in [7, 11) is 0. The number of amides is 1. The second-order valence-corrected chi connectivity index (χ2v) is 7.19. The van der Waals surface area contributed by atoms with Crippen molar-refractivity contribution in [2.24, 2.45) is 0 Å². The molecule has 0 saturated carbocycles. The minimum Gasteiger partial charge on any atom is -0.484 e. The van der Waals surface area contributed by atoms with Gasteiger partial charge in [-0.05, 0) is 37.1 Å². The minimum absolute atomic E-state index is 0.131. The Morgan fingerprint density at radius 3 is 2.90 bits per heavy atom. The molecule has 2 heterocycles. The molecule has 9 nitrogen and oxygen atoms in total. The van der Waals surface area contributed by atoms with Crippen LogP contribution in [0, 0.1) is 15.9 Å². The number of nitro groups is 1. The highest BCUT2D eigenvalue weighted by Gasteiger charge is 2.19. The maximum Gasteiger partial charge on any atom is 0.273 e. The van der Waals surface area contributed by atoms with Gasteiger partial charge in [0.05, 0.1) is 16.6 Å². The molecule has 0 radical (unpaired) electrons. The van der Waals surface area contributed by atoms with Crippen LogP contribution in [0.15, 0.2) is 42.5 Å². The predicted octanol–water partition coefficient (Wildman–Crippen LogP) is 3.74. The molecule has 10 heteroatoms. The lowest BCUT2D eigenvalue weighted by atomic mass is 10.1. The van der Waals surface area contributed by atoms with E-state index in [2.05, 4.69) is 15.5 Å². The SMILES string of the molecule is O=C(COc1cccc([N+](=O)[O-])c1)Nc1ccc(F)c(-c2nnc3n2CCCCC3)c1. The van der Waals surface area contributed by atoms with E-state index in [1.165, 1.54) is 42.5 Å². The highest BCUT2D eigenvalue weighted by Crippen LogP contribution is 2.27. The third-order valence-corrected chi connectivity index (χ3v) is 5.00. The molecule has 31 heavy (non-hydrogen) atoms. The van der Waals surface area contributed by atoms with Crippen LogP contribution in [0.5, 0.6) is 5.75 Å². The molecule has 1 aliphatic heterocycles. The van der Waals surface area contributed by atoms with E-state index in [1.54, 1.807) is 0 Å². The zero-order valence-electron chi connectivity index (χ0n) is 16.6. The Hall–Kier alpha value is -3.82. The molecule has 1 N–H and O–H groups in total. The van der Waals surface area contributed by atoms with Crippen molar-refractivity contribution in [1.82, 2.24) is 14.8 Å². The Labute approximate surface area is 177 Å². The molecule has 2 aromatic carbocycles. The Kier molecular flexibility index (Phi) is 5.87. The van der Waals surface area contributed by atoms with E-state index in [0.29, 0.717) is 11.5 Å². The summed E-state index contributed by atoms with van der Waals surface area (Å²) in [5.74, 6) is 0.551. The van der Waals surface area contributed by atoms with E-state index in [-0.39, 0.29) is 23.6 Å². The molecule has 3 aromatic rings. The van der Waals surface area contributed by atoms with Gasteiger partial charge in [-0.25, -0.2) is 4.39 Å². The standard InChI is InChI=1S/C21H20FN5O4/c22-18-9-8-14(11-17(18)21-25-24-19-7-2-1-3-10-26(19)21)23-20(28)13-31-16-6-4-5-15(12-16)27(29)30/h4-6,8-9,11-12H,1-3,7,10,13H2,(H,23,28). The van der Waals surface area contributed by atoms with Gasteiger partial charge in [-0.2, -0.15) is 0 Å². The van der Waals surface area contributed by atoms with Gasteiger partial charge in [0.15, 0.2) is 12.4 Å². The van der Waals surface area contributed by atoms with Crippen molar-refractivity contribution in [3.63, 3.8) is 0 Å². The predicted molar refractivity (Wildman–Crippen MR) is 110 cm³/mol. The highest BCUT2D eigenvalue weighted by molar-refractivity contribution is 5.92. The van der Waals surface area contributed by atoms with E-state index in [4.69, 9.17) is 4.74 Å². The van der Waals surface area contributed by atoms with Crippen LogP contribution in [0.3, 0.4) is 0 Å².